The molecule has 1 aromatic carbocycles. The van der Waals surface area contributed by atoms with Gasteiger partial charge in [0, 0.05) is 16.7 Å². The van der Waals surface area contributed by atoms with E-state index in [2.05, 4.69) is 15.0 Å². The van der Waals surface area contributed by atoms with Crippen LogP contribution in [0.1, 0.15) is 0 Å². The maximum Gasteiger partial charge on any atom is 0.289 e. The maximum atomic E-state index is 10.7. The van der Waals surface area contributed by atoms with Crippen LogP contribution in [0, 0.1) is 10.1 Å². The first-order valence-electron chi connectivity index (χ1n) is 5.39. The summed E-state index contributed by atoms with van der Waals surface area (Å²) < 4.78 is 0. The van der Waals surface area contributed by atoms with Crippen molar-refractivity contribution in [2.75, 3.05) is 0 Å². The molecular weight excluding hydrogens is 268 g/mol. The molecule has 94 valence electrons. The van der Waals surface area contributed by atoms with Crippen LogP contribution in [0.3, 0.4) is 0 Å². The number of pyridine rings is 1. The lowest BCUT2D eigenvalue weighted by Gasteiger charge is -1.95. The zero-order chi connectivity index (χ0) is 13.4. The number of fused-ring (bicyclic) bond motifs is 1. The van der Waals surface area contributed by atoms with Crippen molar-refractivity contribution in [3.8, 4) is 11.4 Å². The van der Waals surface area contributed by atoms with Gasteiger partial charge in [0.1, 0.15) is 17.5 Å². The number of rotatable bonds is 2. The largest absolute Gasteiger partial charge is 0.323 e. The van der Waals surface area contributed by atoms with Gasteiger partial charge < -0.3 is 4.98 Å². The number of hydrogen-bond donors (Lipinski definition) is 1. The first kappa shape index (κ1) is 11.6. The number of hydrogen-bond acceptors (Lipinski definition) is 4. The van der Waals surface area contributed by atoms with E-state index in [1.54, 1.807) is 12.1 Å². The van der Waals surface area contributed by atoms with E-state index >= 15 is 0 Å². The van der Waals surface area contributed by atoms with E-state index < -0.39 is 4.92 Å². The molecule has 0 aliphatic heterocycles. The Hall–Kier alpha value is -2.47. The molecule has 0 aliphatic carbocycles. The Bertz CT molecular complexity index is 767. The second kappa shape index (κ2) is 4.33. The third-order valence-corrected chi connectivity index (χ3v) is 2.90. The van der Waals surface area contributed by atoms with Crippen molar-refractivity contribution in [1.29, 1.82) is 0 Å². The molecule has 0 radical (unpaired) electrons. The summed E-state index contributed by atoms with van der Waals surface area (Å²) >= 11 is 5.82. The Morgan fingerprint density at radius 1 is 1.26 bits per heavy atom. The summed E-state index contributed by atoms with van der Waals surface area (Å²) in [6.07, 6.45) is 1.20. The van der Waals surface area contributed by atoms with Gasteiger partial charge >= 0.3 is 0 Å². The van der Waals surface area contributed by atoms with Gasteiger partial charge in [-0.15, -0.1) is 0 Å². The van der Waals surface area contributed by atoms with Crippen molar-refractivity contribution in [3.05, 3.63) is 51.7 Å². The Morgan fingerprint density at radius 3 is 2.68 bits per heavy atom. The lowest BCUT2D eigenvalue weighted by molar-refractivity contribution is -0.385. The van der Waals surface area contributed by atoms with Crippen LogP contribution in [0.4, 0.5) is 5.69 Å². The van der Waals surface area contributed by atoms with Crippen molar-refractivity contribution in [2.45, 2.75) is 0 Å². The zero-order valence-corrected chi connectivity index (χ0v) is 10.3. The van der Waals surface area contributed by atoms with E-state index in [0.717, 1.165) is 5.56 Å². The van der Waals surface area contributed by atoms with Crippen molar-refractivity contribution < 1.29 is 4.92 Å². The predicted octanol–water partition coefficient (Wildman–Crippen LogP) is 3.19. The molecule has 3 aromatic rings. The van der Waals surface area contributed by atoms with E-state index in [-0.39, 0.29) is 5.69 Å². The molecule has 0 spiro atoms. The Labute approximate surface area is 112 Å². The fourth-order valence-corrected chi connectivity index (χ4v) is 1.85. The SMILES string of the molecule is O=[N+]([O-])c1cnc2[nH]c(-c3ccc(Cl)cc3)nc2c1. The van der Waals surface area contributed by atoms with Gasteiger partial charge in [-0.05, 0) is 24.3 Å². The molecule has 0 saturated heterocycles. The summed E-state index contributed by atoms with van der Waals surface area (Å²) in [5, 5.41) is 11.3. The monoisotopic (exact) mass is 274 g/mol. The van der Waals surface area contributed by atoms with Gasteiger partial charge in [-0.25, -0.2) is 9.97 Å². The Balaban J connectivity index is 2.11. The highest BCUT2D eigenvalue weighted by molar-refractivity contribution is 6.30. The van der Waals surface area contributed by atoms with E-state index in [4.69, 9.17) is 11.6 Å². The van der Waals surface area contributed by atoms with Crippen molar-refractivity contribution in [3.63, 3.8) is 0 Å². The molecule has 0 saturated carbocycles. The van der Waals surface area contributed by atoms with Gasteiger partial charge in [-0.3, -0.25) is 10.1 Å². The molecule has 3 rings (SSSR count). The molecule has 0 amide bonds. The van der Waals surface area contributed by atoms with Gasteiger partial charge in [-0.1, -0.05) is 11.6 Å². The fraction of sp³-hybridized carbons (Fsp3) is 0. The van der Waals surface area contributed by atoms with Crippen LogP contribution in [0.2, 0.25) is 5.02 Å². The minimum atomic E-state index is -0.497. The number of benzene rings is 1. The van der Waals surface area contributed by atoms with Crippen LogP contribution in [0.15, 0.2) is 36.5 Å². The molecule has 0 bridgehead atoms. The molecule has 19 heavy (non-hydrogen) atoms. The van der Waals surface area contributed by atoms with Gasteiger partial charge in [-0.2, -0.15) is 0 Å². The summed E-state index contributed by atoms with van der Waals surface area (Å²) in [6.45, 7) is 0. The molecule has 2 heterocycles. The standard InChI is InChI=1S/C12H7ClN4O2/c13-8-3-1-7(2-4-8)11-15-10-5-9(17(18)19)6-14-12(10)16-11/h1-6H,(H,14,15,16). The molecule has 0 fully saturated rings. The van der Waals surface area contributed by atoms with Crippen LogP contribution < -0.4 is 0 Å². The lowest BCUT2D eigenvalue weighted by atomic mass is 10.2. The second-order valence-electron chi connectivity index (χ2n) is 3.91. The second-order valence-corrected chi connectivity index (χ2v) is 4.35. The van der Waals surface area contributed by atoms with Crippen LogP contribution in [0.5, 0.6) is 0 Å². The van der Waals surface area contributed by atoms with Crippen molar-refractivity contribution in [2.24, 2.45) is 0 Å². The number of imidazole rings is 1. The van der Waals surface area contributed by atoms with Crippen molar-refractivity contribution in [1.82, 2.24) is 15.0 Å². The highest BCUT2D eigenvalue weighted by atomic mass is 35.5. The topological polar surface area (TPSA) is 84.7 Å². The van der Waals surface area contributed by atoms with Crippen LogP contribution in [-0.2, 0) is 0 Å². The summed E-state index contributed by atoms with van der Waals surface area (Å²) in [5.41, 5.74) is 1.72. The van der Waals surface area contributed by atoms with Crippen LogP contribution in [-0.4, -0.2) is 19.9 Å². The summed E-state index contributed by atoms with van der Waals surface area (Å²) in [5.74, 6) is 0.597. The normalized spacial score (nSPS) is 10.8. The number of halogens is 1. The van der Waals surface area contributed by atoms with E-state index in [9.17, 15) is 10.1 Å². The fourth-order valence-electron chi connectivity index (χ4n) is 1.73. The Morgan fingerprint density at radius 2 is 2.00 bits per heavy atom. The van der Waals surface area contributed by atoms with Crippen molar-refractivity contribution >= 4 is 28.5 Å². The number of aromatic amines is 1. The third kappa shape index (κ3) is 2.13. The van der Waals surface area contributed by atoms with Crippen LogP contribution in [0.25, 0.3) is 22.6 Å². The third-order valence-electron chi connectivity index (χ3n) is 2.65. The summed E-state index contributed by atoms with van der Waals surface area (Å²) in [7, 11) is 0. The number of H-pyrrole nitrogens is 1. The minimum absolute atomic E-state index is 0.0818. The predicted molar refractivity (Wildman–Crippen MR) is 71.0 cm³/mol. The first-order chi connectivity index (χ1) is 9.13. The highest BCUT2D eigenvalue weighted by Gasteiger charge is 2.11. The molecule has 7 heteroatoms. The molecule has 1 N–H and O–H groups in total. The van der Waals surface area contributed by atoms with Crippen LogP contribution >= 0.6 is 11.6 Å². The first-order valence-corrected chi connectivity index (χ1v) is 5.77. The molecule has 0 unspecified atom stereocenters. The zero-order valence-electron chi connectivity index (χ0n) is 9.50. The average Bonchev–Trinajstić information content (AvgIpc) is 2.82. The number of aromatic nitrogens is 3. The maximum absolute atomic E-state index is 10.7. The molecule has 2 aromatic heterocycles. The minimum Gasteiger partial charge on any atom is -0.323 e. The lowest BCUT2D eigenvalue weighted by Crippen LogP contribution is -1.88. The average molecular weight is 275 g/mol. The molecular formula is C12H7ClN4O2. The molecule has 0 atom stereocenters. The summed E-state index contributed by atoms with van der Waals surface area (Å²) in [4.78, 5) is 21.5. The van der Waals surface area contributed by atoms with E-state index in [1.165, 1.54) is 12.3 Å². The quantitative estimate of drug-likeness (QED) is 0.574. The van der Waals surface area contributed by atoms with Gasteiger partial charge in [0.15, 0.2) is 5.65 Å². The smallest absolute Gasteiger partial charge is 0.289 e. The van der Waals surface area contributed by atoms with Gasteiger partial charge in [0.05, 0.1) is 4.92 Å². The Kier molecular flexibility index (Phi) is 2.64. The number of nitrogens with one attached hydrogen (secondary N) is 1. The van der Waals surface area contributed by atoms with Gasteiger partial charge in [0.25, 0.3) is 5.69 Å². The summed E-state index contributed by atoms with van der Waals surface area (Å²) in [6, 6.07) is 8.51. The van der Waals surface area contributed by atoms with E-state index in [1.807, 2.05) is 12.1 Å². The molecule has 6 nitrogen and oxygen atoms in total. The number of nitro groups is 1. The molecule has 0 aliphatic rings. The van der Waals surface area contributed by atoms with Gasteiger partial charge in [0.2, 0.25) is 0 Å². The number of nitrogens with zero attached hydrogens (tertiary/aromatic N) is 3. The van der Waals surface area contributed by atoms with E-state index in [0.29, 0.717) is 22.0 Å². The highest BCUT2D eigenvalue weighted by Crippen LogP contribution is 2.23.